The number of para-hydroxylation sites is 1. The first-order valence-corrected chi connectivity index (χ1v) is 9.25. The minimum Gasteiger partial charge on any atom is -0.325 e. The van der Waals surface area contributed by atoms with Crippen molar-refractivity contribution >= 4 is 23.4 Å². The predicted octanol–water partition coefficient (Wildman–Crippen LogP) is 4.17. The van der Waals surface area contributed by atoms with Crippen molar-refractivity contribution in [2.75, 3.05) is 11.1 Å². The number of carbonyl (C=O) groups is 1. The van der Waals surface area contributed by atoms with Crippen LogP contribution < -0.4 is 5.32 Å². The summed E-state index contributed by atoms with van der Waals surface area (Å²) in [5.74, 6) is 0.990. The van der Waals surface area contributed by atoms with E-state index in [9.17, 15) is 4.79 Å². The van der Waals surface area contributed by atoms with E-state index in [1.54, 1.807) is 6.08 Å². The lowest BCUT2D eigenvalue weighted by Gasteiger charge is -2.11. The highest BCUT2D eigenvalue weighted by molar-refractivity contribution is 7.99. The van der Waals surface area contributed by atoms with Crippen LogP contribution in [0.4, 0.5) is 5.69 Å². The summed E-state index contributed by atoms with van der Waals surface area (Å²) < 4.78 is 1.93. The first-order valence-electron chi connectivity index (χ1n) is 8.27. The smallest absolute Gasteiger partial charge is 0.234 e. The van der Waals surface area contributed by atoms with Crippen LogP contribution in [0.25, 0.3) is 11.1 Å². The van der Waals surface area contributed by atoms with E-state index in [4.69, 9.17) is 0 Å². The van der Waals surface area contributed by atoms with E-state index in [-0.39, 0.29) is 11.7 Å². The van der Waals surface area contributed by atoms with Crippen LogP contribution in [0, 0.1) is 6.92 Å². The summed E-state index contributed by atoms with van der Waals surface area (Å²) in [6, 6.07) is 17.8. The maximum Gasteiger partial charge on any atom is 0.234 e. The molecule has 1 amide bonds. The van der Waals surface area contributed by atoms with Gasteiger partial charge in [0, 0.05) is 17.8 Å². The van der Waals surface area contributed by atoms with Crippen molar-refractivity contribution in [1.82, 2.24) is 14.8 Å². The molecule has 0 saturated carbocycles. The number of aryl methyl sites for hydroxylation is 1. The van der Waals surface area contributed by atoms with E-state index in [1.165, 1.54) is 11.8 Å². The standard InChI is InChI=1S/C20H20N4OS/c1-3-13-24-15(2)22-23-20(24)26-14-19(25)21-18-12-8-7-11-17(18)16-9-5-4-6-10-16/h3-12H,1,13-14H2,2H3,(H,21,25). The average molecular weight is 364 g/mol. The van der Waals surface area contributed by atoms with Gasteiger partial charge in [0.2, 0.25) is 5.91 Å². The van der Waals surface area contributed by atoms with Crippen molar-refractivity contribution < 1.29 is 4.79 Å². The summed E-state index contributed by atoms with van der Waals surface area (Å²) in [5, 5.41) is 11.9. The van der Waals surface area contributed by atoms with E-state index in [2.05, 4.69) is 22.1 Å². The molecule has 0 atom stereocenters. The van der Waals surface area contributed by atoms with E-state index < -0.39 is 0 Å². The third-order valence-electron chi connectivity index (χ3n) is 3.83. The maximum absolute atomic E-state index is 12.4. The van der Waals surface area contributed by atoms with Crippen molar-refractivity contribution in [1.29, 1.82) is 0 Å². The summed E-state index contributed by atoms with van der Waals surface area (Å²) >= 11 is 1.37. The van der Waals surface area contributed by atoms with Gasteiger partial charge in [0.05, 0.1) is 5.75 Å². The van der Waals surface area contributed by atoms with Crippen molar-refractivity contribution in [3.8, 4) is 11.1 Å². The van der Waals surface area contributed by atoms with E-state index in [0.717, 1.165) is 22.6 Å². The van der Waals surface area contributed by atoms with Gasteiger partial charge in [-0.05, 0) is 18.6 Å². The van der Waals surface area contributed by atoms with E-state index in [1.807, 2.05) is 66.1 Å². The van der Waals surface area contributed by atoms with E-state index in [0.29, 0.717) is 11.7 Å². The van der Waals surface area contributed by atoms with Gasteiger partial charge in [-0.15, -0.1) is 16.8 Å². The van der Waals surface area contributed by atoms with Gasteiger partial charge in [-0.25, -0.2) is 0 Å². The number of thioether (sulfide) groups is 1. The number of anilines is 1. The monoisotopic (exact) mass is 364 g/mol. The Morgan fingerprint density at radius 3 is 2.65 bits per heavy atom. The Morgan fingerprint density at radius 1 is 1.15 bits per heavy atom. The third kappa shape index (κ3) is 4.21. The van der Waals surface area contributed by atoms with Gasteiger partial charge in [0.1, 0.15) is 5.82 Å². The highest BCUT2D eigenvalue weighted by Crippen LogP contribution is 2.28. The Kier molecular flexibility index (Phi) is 5.86. The van der Waals surface area contributed by atoms with Crippen LogP contribution in [-0.2, 0) is 11.3 Å². The van der Waals surface area contributed by atoms with E-state index >= 15 is 0 Å². The molecule has 0 radical (unpaired) electrons. The molecule has 3 rings (SSSR count). The minimum atomic E-state index is -0.0795. The summed E-state index contributed by atoms with van der Waals surface area (Å²) in [7, 11) is 0. The number of allylic oxidation sites excluding steroid dienone is 1. The lowest BCUT2D eigenvalue weighted by atomic mass is 10.0. The fourth-order valence-electron chi connectivity index (χ4n) is 2.59. The first-order chi connectivity index (χ1) is 12.7. The summed E-state index contributed by atoms with van der Waals surface area (Å²) in [6.45, 7) is 6.25. The molecule has 0 unspecified atom stereocenters. The Hall–Kier alpha value is -2.86. The van der Waals surface area contributed by atoms with Crippen LogP contribution in [-0.4, -0.2) is 26.4 Å². The molecule has 0 saturated heterocycles. The quantitative estimate of drug-likeness (QED) is 0.505. The zero-order valence-electron chi connectivity index (χ0n) is 14.6. The van der Waals surface area contributed by atoms with Gasteiger partial charge < -0.3 is 9.88 Å². The van der Waals surface area contributed by atoms with Crippen LogP contribution >= 0.6 is 11.8 Å². The molecule has 0 fully saturated rings. The van der Waals surface area contributed by atoms with Crippen LogP contribution in [0.5, 0.6) is 0 Å². The summed E-state index contributed by atoms with van der Waals surface area (Å²) in [5.41, 5.74) is 2.86. The molecule has 0 spiro atoms. The van der Waals surface area contributed by atoms with Crippen LogP contribution in [0.2, 0.25) is 0 Å². The van der Waals surface area contributed by atoms with Crippen molar-refractivity contribution in [3.63, 3.8) is 0 Å². The van der Waals surface area contributed by atoms with Gasteiger partial charge >= 0.3 is 0 Å². The van der Waals surface area contributed by atoms with Crippen LogP contribution in [0.3, 0.4) is 0 Å². The largest absolute Gasteiger partial charge is 0.325 e. The fraction of sp³-hybridized carbons (Fsp3) is 0.150. The molecule has 1 N–H and O–H groups in total. The Morgan fingerprint density at radius 2 is 1.88 bits per heavy atom. The minimum absolute atomic E-state index is 0.0795. The number of carbonyl (C=O) groups excluding carboxylic acids is 1. The zero-order valence-corrected chi connectivity index (χ0v) is 15.4. The number of nitrogens with one attached hydrogen (secondary N) is 1. The number of amides is 1. The molecule has 3 aromatic rings. The lowest BCUT2D eigenvalue weighted by molar-refractivity contribution is -0.113. The Labute approximate surface area is 157 Å². The molecule has 26 heavy (non-hydrogen) atoms. The maximum atomic E-state index is 12.4. The topological polar surface area (TPSA) is 59.8 Å². The van der Waals surface area contributed by atoms with Crippen molar-refractivity contribution in [2.45, 2.75) is 18.6 Å². The van der Waals surface area contributed by atoms with Gasteiger partial charge in [-0.1, -0.05) is 66.4 Å². The predicted molar refractivity (Wildman–Crippen MR) is 106 cm³/mol. The average Bonchev–Trinajstić information content (AvgIpc) is 3.01. The second-order valence-corrected chi connectivity index (χ2v) is 6.62. The number of rotatable bonds is 7. The number of nitrogens with zero attached hydrogens (tertiary/aromatic N) is 3. The molecule has 2 aromatic carbocycles. The lowest BCUT2D eigenvalue weighted by Crippen LogP contribution is -2.15. The van der Waals surface area contributed by atoms with Crippen molar-refractivity contribution in [2.24, 2.45) is 0 Å². The first kappa shape index (κ1) is 17.9. The number of aromatic nitrogens is 3. The SMILES string of the molecule is C=CCn1c(C)nnc1SCC(=O)Nc1ccccc1-c1ccccc1. The molecule has 1 aromatic heterocycles. The molecule has 5 nitrogen and oxygen atoms in total. The molecule has 132 valence electrons. The molecule has 1 heterocycles. The zero-order chi connectivity index (χ0) is 18.4. The van der Waals surface area contributed by atoms with Gasteiger partial charge in [0.25, 0.3) is 0 Å². The Bertz CT molecular complexity index is 905. The molecule has 0 aliphatic carbocycles. The number of hydrogen-bond acceptors (Lipinski definition) is 4. The molecule has 0 bridgehead atoms. The second kappa shape index (κ2) is 8.49. The normalized spacial score (nSPS) is 10.5. The van der Waals surface area contributed by atoms with Gasteiger partial charge in [0.15, 0.2) is 5.16 Å². The van der Waals surface area contributed by atoms with Crippen LogP contribution in [0.15, 0.2) is 72.4 Å². The van der Waals surface area contributed by atoms with Crippen molar-refractivity contribution in [3.05, 3.63) is 73.1 Å². The highest BCUT2D eigenvalue weighted by Gasteiger charge is 2.12. The van der Waals surface area contributed by atoms with Gasteiger partial charge in [-0.2, -0.15) is 0 Å². The molecule has 0 aliphatic rings. The fourth-order valence-corrected chi connectivity index (χ4v) is 3.38. The molecular formula is C20H20N4OS. The number of hydrogen-bond donors (Lipinski definition) is 1. The van der Waals surface area contributed by atoms with Gasteiger partial charge in [-0.3, -0.25) is 4.79 Å². The third-order valence-corrected chi connectivity index (χ3v) is 4.80. The summed E-state index contributed by atoms with van der Waals surface area (Å²) in [4.78, 5) is 12.4. The number of benzene rings is 2. The van der Waals surface area contributed by atoms with Crippen LogP contribution in [0.1, 0.15) is 5.82 Å². The molecule has 0 aliphatic heterocycles. The Balaban J connectivity index is 1.69. The second-order valence-electron chi connectivity index (χ2n) is 5.68. The highest BCUT2D eigenvalue weighted by atomic mass is 32.2. The molecule has 6 heteroatoms. The summed E-state index contributed by atoms with van der Waals surface area (Å²) in [6.07, 6.45) is 1.79. The molecular weight excluding hydrogens is 344 g/mol.